The fourth-order valence-corrected chi connectivity index (χ4v) is 3.31. The predicted octanol–water partition coefficient (Wildman–Crippen LogP) is 3.62. The Bertz CT molecular complexity index is 1020. The second-order valence-corrected chi connectivity index (χ2v) is 7.33. The minimum Gasteiger partial charge on any atom is -0.315 e. The van der Waals surface area contributed by atoms with Crippen molar-refractivity contribution in [2.75, 3.05) is 7.05 Å². The van der Waals surface area contributed by atoms with E-state index in [4.69, 9.17) is 12.2 Å². The SMILES string of the molecule is Cc1ccccc1-c1nn(C[NH+](C)Cc2ccc(C(F)(F)F)cc2)c(=S)n1C. The Morgan fingerprint density at radius 1 is 1.07 bits per heavy atom. The van der Waals surface area contributed by atoms with Crippen molar-refractivity contribution < 1.29 is 18.1 Å². The predicted molar refractivity (Wildman–Crippen MR) is 104 cm³/mol. The highest BCUT2D eigenvalue weighted by atomic mass is 32.1. The second kappa shape index (κ2) is 7.89. The lowest BCUT2D eigenvalue weighted by Gasteiger charge is -2.14. The van der Waals surface area contributed by atoms with Gasteiger partial charge in [0, 0.05) is 18.2 Å². The molecule has 0 aliphatic heterocycles. The van der Waals surface area contributed by atoms with Crippen LogP contribution in [-0.2, 0) is 26.4 Å². The average molecular weight is 407 g/mol. The highest BCUT2D eigenvalue weighted by Gasteiger charge is 2.30. The topological polar surface area (TPSA) is 27.2 Å². The van der Waals surface area contributed by atoms with Crippen molar-refractivity contribution in [3.63, 3.8) is 0 Å². The van der Waals surface area contributed by atoms with Crippen LogP contribution in [0.2, 0.25) is 0 Å². The summed E-state index contributed by atoms with van der Waals surface area (Å²) in [5.74, 6) is 0.797. The maximum Gasteiger partial charge on any atom is 0.416 e. The van der Waals surface area contributed by atoms with Crippen molar-refractivity contribution in [2.24, 2.45) is 7.05 Å². The number of aryl methyl sites for hydroxylation is 1. The number of aromatic nitrogens is 3. The molecule has 0 saturated heterocycles. The third-order valence-corrected chi connectivity index (χ3v) is 5.12. The Balaban J connectivity index is 1.76. The summed E-state index contributed by atoms with van der Waals surface area (Å²) in [5.41, 5.74) is 2.33. The molecule has 0 aliphatic carbocycles. The van der Waals surface area contributed by atoms with Crippen molar-refractivity contribution in [3.05, 3.63) is 70.0 Å². The molecule has 1 N–H and O–H groups in total. The van der Waals surface area contributed by atoms with E-state index in [1.165, 1.54) is 12.1 Å². The molecule has 1 aromatic heterocycles. The summed E-state index contributed by atoms with van der Waals surface area (Å²) in [4.78, 5) is 1.06. The zero-order valence-electron chi connectivity index (χ0n) is 15.9. The summed E-state index contributed by atoms with van der Waals surface area (Å²) < 4.78 is 42.3. The summed E-state index contributed by atoms with van der Waals surface area (Å²) in [5, 5.41) is 4.67. The van der Waals surface area contributed by atoms with Gasteiger partial charge in [0.2, 0.25) is 4.77 Å². The van der Waals surface area contributed by atoms with E-state index in [1.54, 1.807) is 4.68 Å². The number of rotatable bonds is 5. The molecular weight excluding hydrogens is 385 g/mol. The molecule has 0 bridgehead atoms. The van der Waals surface area contributed by atoms with Gasteiger partial charge in [-0.15, -0.1) is 5.10 Å². The number of quaternary nitrogens is 1. The average Bonchev–Trinajstić information content (AvgIpc) is 2.90. The number of hydrogen-bond acceptors (Lipinski definition) is 2. The Morgan fingerprint density at radius 3 is 2.32 bits per heavy atom. The molecular formula is C20H22F3N4S+. The lowest BCUT2D eigenvalue weighted by atomic mass is 10.1. The first-order valence-electron chi connectivity index (χ1n) is 8.84. The molecule has 28 heavy (non-hydrogen) atoms. The molecule has 1 heterocycles. The van der Waals surface area contributed by atoms with Crippen molar-refractivity contribution >= 4 is 12.2 Å². The summed E-state index contributed by atoms with van der Waals surface area (Å²) in [6.07, 6.45) is -4.32. The van der Waals surface area contributed by atoms with E-state index in [0.717, 1.165) is 39.5 Å². The monoisotopic (exact) mass is 407 g/mol. The van der Waals surface area contributed by atoms with E-state index in [1.807, 2.05) is 49.9 Å². The molecule has 148 valence electrons. The minimum absolute atomic E-state index is 0.513. The number of nitrogens with zero attached hydrogens (tertiary/aromatic N) is 3. The molecule has 0 radical (unpaired) electrons. The first-order valence-corrected chi connectivity index (χ1v) is 9.25. The quantitative estimate of drug-likeness (QED) is 0.654. The van der Waals surface area contributed by atoms with E-state index in [-0.39, 0.29) is 0 Å². The van der Waals surface area contributed by atoms with Crippen molar-refractivity contribution in [2.45, 2.75) is 26.3 Å². The summed E-state index contributed by atoms with van der Waals surface area (Å²) >= 11 is 5.52. The fraction of sp³-hybridized carbons (Fsp3) is 0.300. The first-order chi connectivity index (χ1) is 13.2. The van der Waals surface area contributed by atoms with Crippen molar-refractivity contribution in [3.8, 4) is 11.4 Å². The highest BCUT2D eigenvalue weighted by molar-refractivity contribution is 7.71. The standard InChI is InChI=1S/C20H21F3N4S/c1-14-6-4-5-7-17(14)18-24-27(19(28)26(18)3)13-25(2)12-15-8-10-16(11-9-15)20(21,22)23/h4-11H,12-13H2,1-3H3/p+1. The number of hydrogen-bond donors (Lipinski definition) is 1. The molecule has 2 aromatic carbocycles. The second-order valence-electron chi connectivity index (χ2n) is 6.97. The zero-order chi connectivity index (χ0) is 20.5. The van der Waals surface area contributed by atoms with Gasteiger partial charge in [0.25, 0.3) is 0 Å². The van der Waals surface area contributed by atoms with Gasteiger partial charge >= 0.3 is 6.18 Å². The van der Waals surface area contributed by atoms with Gasteiger partial charge in [-0.2, -0.15) is 17.9 Å². The molecule has 3 aromatic rings. The van der Waals surface area contributed by atoms with Gasteiger partial charge in [0.15, 0.2) is 12.5 Å². The van der Waals surface area contributed by atoms with Crippen molar-refractivity contribution in [1.29, 1.82) is 0 Å². The molecule has 4 nitrogen and oxygen atoms in total. The van der Waals surface area contributed by atoms with Crippen LogP contribution < -0.4 is 4.90 Å². The molecule has 0 spiro atoms. The lowest BCUT2D eigenvalue weighted by molar-refractivity contribution is -0.917. The molecule has 1 unspecified atom stereocenters. The van der Waals surface area contributed by atoms with E-state index in [2.05, 4.69) is 5.10 Å². The van der Waals surface area contributed by atoms with Gasteiger partial charge in [-0.1, -0.05) is 36.4 Å². The maximum atomic E-state index is 12.7. The first kappa shape index (κ1) is 20.3. The van der Waals surface area contributed by atoms with Crippen LogP contribution in [0.1, 0.15) is 16.7 Å². The normalized spacial score (nSPS) is 12.9. The Labute approximate surface area is 166 Å². The Kier molecular flexibility index (Phi) is 5.71. The Hall–Kier alpha value is -2.45. The number of benzene rings is 2. The molecule has 0 fully saturated rings. The van der Waals surface area contributed by atoms with Crippen LogP contribution in [0, 0.1) is 11.7 Å². The molecule has 1 atom stereocenters. The zero-order valence-corrected chi connectivity index (χ0v) is 16.7. The van der Waals surface area contributed by atoms with E-state index in [0.29, 0.717) is 18.0 Å². The van der Waals surface area contributed by atoms with Gasteiger partial charge in [-0.05, 0) is 36.8 Å². The highest BCUT2D eigenvalue weighted by Crippen LogP contribution is 2.29. The smallest absolute Gasteiger partial charge is 0.315 e. The van der Waals surface area contributed by atoms with Crippen LogP contribution in [0.4, 0.5) is 13.2 Å². The Morgan fingerprint density at radius 2 is 1.71 bits per heavy atom. The fourth-order valence-electron chi connectivity index (χ4n) is 3.12. The van der Waals surface area contributed by atoms with Crippen LogP contribution in [-0.4, -0.2) is 21.4 Å². The lowest BCUT2D eigenvalue weighted by Crippen LogP contribution is -3.07. The number of halogens is 3. The molecule has 0 saturated carbocycles. The van der Waals surface area contributed by atoms with Gasteiger partial charge in [0.1, 0.15) is 6.54 Å². The maximum absolute atomic E-state index is 12.7. The van der Waals surface area contributed by atoms with Crippen LogP contribution >= 0.6 is 12.2 Å². The molecule has 0 amide bonds. The third-order valence-electron chi connectivity index (χ3n) is 4.63. The molecule has 0 aliphatic rings. The van der Waals surface area contributed by atoms with Gasteiger partial charge in [-0.25, -0.2) is 0 Å². The van der Waals surface area contributed by atoms with Gasteiger partial charge in [-0.3, -0.25) is 0 Å². The summed E-state index contributed by atoms with van der Waals surface area (Å²) in [6.45, 7) is 3.11. The summed E-state index contributed by atoms with van der Waals surface area (Å²) in [6, 6.07) is 13.2. The number of alkyl halides is 3. The van der Waals surface area contributed by atoms with Gasteiger partial charge in [0.05, 0.1) is 12.6 Å². The molecule has 3 rings (SSSR count). The van der Waals surface area contributed by atoms with Crippen LogP contribution in [0.15, 0.2) is 48.5 Å². The van der Waals surface area contributed by atoms with E-state index in [9.17, 15) is 13.2 Å². The van der Waals surface area contributed by atoms with Crippen LogP contribution in [0.25, 0.3) is 11.4 Å². The number of nitrogens with one attached hydrogen (secondary N) is 1. The third kappa shape index (κ3) is 4.34. The van der Waals surface area contributed by atoms with Crippen LogP contribution in [0.5, 0.6) is 0 Å². The molecule has 8 heteroatoms. The van der Waals surface area contributed by atoms with E-state index < -0.39 is 11.7 Å². The van der Waals surface area contributed by atoms with Crippen molar-refractivity contribution in [1.82, 2.24) is 14.3 Å². The minimum atomic E-state index is -4.32. The van der Waals surface area contributed by atoms with E-state index >= 15 is 0 Å². The van der Waals surface area contributed by atoms with Crippen LogP contribution in [0.3, 0.4) is 0 Å². The largest absolute Gasteiger partial charge is 0.416 e. The summed E-state index contributed by atoms with van der Waals surface area (Å²) in [7, 11) is 3.85. The van der Waals surface area contributed by atoms with Gasteiger partial charge < -0.3 is 9.47 Å².